The highest BCUT2D eigenvalue weighted by Gasteiger charge is 2.22. The highest BCUT2D eigenvalue weighted by Crippen LogP contribution is 2.28. The number of benzene rings is 2. The van der Waals surface area contributed by atoms with Crippen LogP contribution in [0.5, 0.6) is 0 Å². The molecule has 4 rings (SSSR count). The summed E-state index contributed by atoms with van der Waals surface area (Å²) in [5.74, 6) is -1.26. The normalized spacial score (nSPS) is 11.6. The Kier molecular flexibility index (Phi) is 7.26. The molecule has 0 aliphatic rings. The second kappa shape index (κ2) is 10.7. The van der Waals surface area contributed by atoms with Crippen molar-refractivity contribution in [3.8, 4) is 0 Å². The van der Waals surface area contributed by atoms with Crippen LogP contribution in [0.15, 0.2) is 79.0 Å². The molecular weight excluding hydrogens is 452 g/mol. The van der Waals surface area contributed by atoms with E-state index in [9.17, 15) is 14.4 Å². The first-order valence-corrected chi connectivity index (χ1v) is 11.4. The number of pyridine rings is 1. The molecule has 1 atom stereocenters. The lowest BCUT2D eigenvalue weighted by molar-refractivity contribution is -0.126. The smallest absolute Gasteiger partial charge is 0.284 e. The van der Waals surface area contributed by atoms with Gasteiger partial charge in [0.1, 0.15) is 6.04 Å². The number of aromatic nitrogens is 1. The Morgan fingerprint density at radius 1 is 0.971 bits per heavy atom. The van der Waals surface area contributed by atoms with Crippen molar-refractivity contribution >= 4 is 44.8 Å². The van der Waals surface area contributed by atoms with E-state index in [-0.39, 0.29) is 18.2 Å². The Hall–Kier alpha value is -4.08. The zero-order chi connectivity index (χ0) is 23.9. The number of carbonyl (C=O) groups excluding carboxylic acids is 3. The molecule has 9 heteroatoms. The predicted molar refractivity (Wildman–Crippen MR) is 130 cm³/mol. The first-order valence-electron chi connectivity index (χ1n) is 10.5. The Morgan fingerprint density at radius 2 is 1.76 bits per heavy atom. The second-order valence-corrected chi connectivity index (χ2v) is 8.68. The molecule has 172 valence electrons. The molecule has 0 bridgehead atoms. The van der Waals surface area contributed by atoms with Crippen LogP contribution < -0.4 is 16.1 Å². The van der Waals surface area contributed by atoms with E-state index in [4.69, 9.17) is 5.21 Å². The van der Waals surface area contributed by atoms with Gasteiger partial charge in [-0.3, -0.25) is 24.6 Å². The number of thiophene rings is 1. The van der Waals surface area contributed by atoms with Crippen LogP contribution >= 0.6 is 11.3 Å². The summed E-state index contributed by atoms with van der Waals surface area (Å²) in [5.41, 5.74) is 3.68. The molecule has 0 radical (unpaired) electrons. The van der Waals surface area contributed by atoms with E-state index in [1.807, 2.05) is 30.3 Å². The molecule has 0 fully saturated rings. The van der Waals surface area contributed by atoms with Crippen molar-refractivity contribution in [1.82, 2.24) is 15.8 Å². The van der Waals surface area contributed by atoms with Gasteiger partial charge in [-0.2, -0.15) is 0 Å². The summed E-state index contributed by atoms with van der Waals surface area (Å²) in [4.78, 5) is 42.0. The van der Waals surface area contributed by atoms with Gasteiger partial charge in [-0.05, 0) is 47.3 Å². The van der Waals surface area contributed by atoms with E-state index < -0.39 is 11.9 Å². The summed E-state index contributed by atoms with van der Waals surface area (Å²) in [5, 5.41) is 15.3. The molecule has 2 aromatic heterocycles. The highest BCUT2D eigenvalue weighted by molar-refractivity contribution is 7.20. The molecule has 4 aromatic rings. The number of rotatable bonds is 8. The van der Waals surface area contributed by atoms with Gasteiger partial charge in [-0.25, -0.2) is 5.48 Å². The van der Waals surface area contributed by atoms with Gasteiger partial charge in [0.05, 0.1) is 11.3 Å². The molecule has 34 heavy (non-hydrogen) atoms. The fraction of sp³-hybridized carbons (Fsp3) is 0.120. The average Bonchev–Trinajstić information content (AvgIpc) is 3.28. The van der Waals surface area contributed by atoms with Crippen LogP contribution in [-0.2, 0) is 22.4 Å². The van der Waals surface area contributed by atoms with Gasteiger partial charge < -0.3 is 10.6 Å². The van der Waals surface area contributed by atoms with Crippen LogP contribution in [0.3, 0.4) is 0 Å². The van der Waals surface area contributed by atoms with Gasteiger partial charge in [0.15, 0.2) is 0 Å². The molecule has 8 nitrogen and oxygen atoms in total. The summed E-state index contributed by atoms with van der Waals surface area (Å²) in [6.07, 6.45) is 2.01. The van der Waals surface area contributed by atoms with E-state index >= 15 is 0 Å². The fourth-order valence-corrected chi connectivity index (χ4v) is 4.42. The molecule has 2 heterocycles. The van der Waals surface area contributed by atoms with Crippen molar-refractivity contribution in [1.29, 1.82) is 0 Å². The topological polar surface area (TPSA) is 120 Å². The lowest BCUT2D eigenvalue weighted by Crippen LogP contribution is -2.45. The maximum Gasteiger partial charge on any atom is 0.284 e. The van der Waals surface area contributed by atoms with E-state index in [1.165, 1.54) is 11.3 Å². The summed E-state index contributed by atoms with van der Waals surface area (Å²) < 4.78 is 0.834. The quantitative estimate of drug-likeness (QED) is 0.231. The summed E-state index contributed by atoms with van der Waals surface area (Å²) in [7, 11) is 0. The minimum atomic E-state index is -0.799. The zero-order valence-corrected chi connectivity index (χ0v) is 18.8. The largest absolute Gasteiger partial charge is 0.344 e. The standard InChI is InChI=1S/C25H22N4O4S/c30-23(15-18-8-4-5-11-26-18)28-20(12-16-6-2-1-3-7-16)24(31)27-19-9-10-21-17(13-19)14-22(34-21)25(32)29-33/h1-11,13-14,20,33H,12,15H2,(H,27,31)(H,28,30)(H,29,32). The number of anilines is 1. The van der Waals surface area contributed by atoms with Gasteiger partial charge >= 0.3 is 0 Å². The minimum absolute atomic E-state index is 0.0654. The highest BCUT2D eigenvalue weighted by atomic mass is 32.1. The second-order valence-electron chi connectivity index (χ2n) is 7.60. The van der Waals surface area contributed by atoms with Gasteiger partial charge in [0.2, 0.25) is 11.8 Å². The number of amides is 3. The van der Waals surface area contributed by atoms with Crippen LogP contribution in [0.25, 0.3) is 10.1 Å². The minimum Gasteiger partial charge on any atom is -0.344 e. The Bertz CT molecular complexity index is 1310. The Balaban J connectivity index is 1.51. The summed E-state index contributed by atoms with van der Waals surface area (Å²) in [6.45, 7) is 0. The van der Waals surface area contributed by atoms with Gasteiger partial charge in [-0.15, -0.1) is 11.3 Å². The number of nitrogens with zero attached hydrogens (tertiary/aromatic N) is 1. The molecule has 0 saturated carbocycles. The summed E-state index contributed by atoms with van der Waals surface area (Å²) in [6, 6.07) is 20.9. The molecule has 0 saturated heterocycles. The lowest BCUT2D eigenvalue weighted by Gasteiger charge is -2.19. The average molecular weight is 475 g/mol. The van der Waals surface area contributed by atoms with Crippen LogP contribution in [0, 0.1) is 0 Å². The van der Waals surface area contributed by atoms with E-state index in [1.54, 1.807) is 54.1 Å². The molecule has 1 unspecified atom stereocenters. The third-order valence-corrected chi connectivity index (χ3v) is 6.23. The number of nitrogens with one attached hydrogen (secondary N) is 3. The van der Waals surface area contributed by atoms with E-state index in [2.05, 4.69) is 15.6 Å². The number of hydrogen-bond donors (Lipinski definition) is 4. The van der Waals surface area contributed by atoms with Gasteiger partial charge in [0, 0.05) is 28.7 Å². The third-order valence-electron chi connectivity index (χ3n) is 5.11. The maximum absolute atomic E-state index is 13.2. The molecule has 2 aromatic carbocycles. The van der Waals surface area contributed by atoms with Crippen molar-refractivity contribution in [2.75, 3.05) is 5.32 Å². The van der Waals surface area contributed by atoms with Gasteiger partial charge in [-0.1, -0.05) is 36.4 Å². The monoisotopic (exact) mass is 474 g/mol. The van der Waals surface area contributed by atoms with E-state index in [0.29, 0.717) is 22.7 Å². The van der Waals surface area contributed by atoms with Crippen molar-refractivity contribution in [3.05, 3.63) is 95.1 Å². The molecule has 3 amide bonds. The molecule has 4 N–H and O–H groups in total. The number of hydroxylamine groups is 1. The van der Waals surface area contributed by atoms with Crippen molar-refractivity contribution in [3.63, 3.8) is 0 Å². The van der Waals surface area contributed by atoms with Crippen LogP contribution in [-0.4, -0.2) is 34.0 Å². The molecule has 0 aliphatic heterocycles. The van der Waals surface area contributed by atoms with Crippen LogP contribution in [0.2, 0.25) is 0 Å². The van der Waals surface area contributed by atoms with Crippen molar-refractivity contribution in [2.45, 2.75) is 18.9 Å². The zero-order valence-electron chi connectivity index (χ0n) is 18.0. The van der Waals surface area contributed by atoms with E-state index in [0.717, 1.165) is 15.6 Å². The Morgan fingerprint density at radius 3 is 2.50 bits per heavy atom. The van der Waals surface area contributed by atoms with Gasteiger partial charge in [0.25, 0.3) is 5.91 Å². The first kappa shape index (κ1) is 23.1. The molecular formula is C25H22N4O4S. The third kappa shape index (κ3) is 5.83. The predicted octanol–water partition coefficient (Wildman–Crippen LogP) is 3.32. The summed E-state index contributed by atoms with van der Waals surface area (Å²) >= 11 is 1.23. The number of hydrogen-bond acceptors (Lipinski definition) is 6. The van der Waals surface area contributed by atoms with Crippen LogP contribution in [0.1, 0.15) is 20.9 Å². The van der Waals surface area contributed by atoms with Crippen molar-refractivity contribution < 1.29 is 19.6 Å². The Labute approximate surface area is 199 Å². The fourth-order valence-electron chi connectivity index (χ4n) is 3.49. The van der Waals surface area contributed by atoms with Crippen LogP contribution in [0.4, 0.5) is 5.69 Å². The number of fused-ring (bicyclic) bond motifs is 1. The molecule has 0 spiro atoms. The molecule has 0 aliphatic carbocycles. The van der Waals surface area contributed by atoms with Crippen molar-refractivity contribution in [2.24, 2.45) is 0 Å². The first-order chi connectivity index (χ1) is 16.5. The maximum atomic E-state index is 13.2. The number of carbonyl (C=O) groups is 3. The SMILES string of the molecule is O=C(Cc1ccccn1)NC(Cc1ccccc1)C(=O)Nc1ccc2sc(C(=O)NO)cc2c1. The lowest BCUT2D eigenvalue weighted by atomic mass is 10.0.